The summed E-state index contributed by atoms with van der Waals surface area (Å²) < 4.78 is 26.5. The number of benzene rings is 1. The number of urea groups is 1. The van der Waals surface area contributed by atoms with Crippen LogP contribution in [0, 0.1) is 21.7 Å². The van der Waals surface area contributed by atoms with E-state index >= 15 is 0 Å². The molecule has 0 aliphatic heterocycles. The third-order valence-corrected chi connectivity index (χ3v) is 1.97. The molecule has 0 aliphatic rings. The average molecular weight is 273 g/mol. The fourth-order valence-corrected chi connectivity index (χ4v) is 1.27. The van der Waals surface area contributed by atoms with Crippen LogP contribution in [0.5, 0.6) is 0 Å². The van der Waals surface area contributed by atoms with Crippen molar-refractivity contribution in [3.05, 3.63) is 33.9 Å². The second-order valence-electron chi connectivity index (χ2n) is 4.87. The lowest BCUT2D eigenvalue weighted by atomic mass is 10.1. The number of carbonyl (C=O) groups excluding carboxylic acids is 1. The van der Waals surface area contributed by atoms with Crippen molar-refractivity contribution >= 4 is 17.4 Å². The Morgan fingerprint density at radius 2 is 1.84 bits per heavy atom. The second kappa shape index (κ2) is 5.17. The van der Waals surface area contributed by atoms with E-state index in [1.165, 1.54) is 0 Å². The van der Waals surface area contributed by atoms with Crippen molar-refractivity contribution in [2.75, 3.05) is 5.32 Å². The Morgan fingerprint density at radius 1 is 1.26 bits per heavy atom. The van der Waals surface area contributed by atoms with E-state index in [0.717, 1.165) is 0 Å². The molecule has 1 rings (SSSR count). The minimum absolute atomic E-state index is 0.352. The molecule has 0 atom stereocenters. The third-order valence-electron chi connectivity index (χ3n) is 1.97. The van der Waals surface area contributed by atoms with Crippen LogP contribution in [0.4, 0.5) is 25.0 Å². The van der Waals surface area contributed by atoms with E-state index in [4.69, 9.17) is 0 Å². The molecule has 2 amide bonds. The van der Waals surface area contributed by atoms with E-state index < -0.39 is 39.5 Å². The highest BCUT2D eigenvalue weighted by Gasteiger charge is 2.21. The molecule has 0 saturated heterocycles. The summed E-state index contributed by atoms with van der Waals surface area (Å²) in [5, 5.41) is 15.1. The van der Waals surface area contributed by atoms with E-state index in [0.29, 0.717) is 12.1 Å². The molecular weight excluding hydrogens is 260 g/mol. The van der Waals surface area contributed by atoms with Crippen molar-refractivity contribution in [1.29, 1.82) is 0 Å². The summed E-state index contributed by atoms with van der Waals surface area (Å²) in [6.45, 7) is 5.11. The SMILES string of the molecule is CC(C)(C)NC(=O)Nc1cc([N+](=O)[O-])c(F)cc1F. The van der Waals surface area contributed by atoms with Gasteiger partial charge in [0, 0.05) is 17.7 Å². The minimum Gasteiger partial charge on any atom is -0.333 e. The highest BCUT2D eigenvalue weighted by atomic mass is 19.1. The van der Waals surface area contributed by atoms with E-state index in [1.54, 1.807) is 20.8 Å². The van der Waals surface area contributed by atoms with Crippen LogP contribution in [0.1, 0.15) is 20.8 Å². The number of rotatable bonds is 2. The Bertz CT molecular complexity index is 527. The first-order chi connectivity index (χ1) is 8.60. The molecule has 0 spiro atoms. The molecule has 0 aromatic heterocycles. The van der Waals surface area contributed by atoms with Gasteiger partial charge in [0.25, 0.3) is 0 Å². The summed E-state index contributed by atoms with van der Waals surface area (Å²) in [6, 6.07) is 0.241. The maximum absolute atomic E-state index is 13.4. The van der Waals surface area contributed by atoms with Gasteiger partial charge < -0.3 is 10.6 Å². The average Bonchev–Trinajstić information content (AvgIpc) is 2.18. The van der Waals surface area contributed by atoms with Gasteiger partial charge in [0.2, 0.25) is 5.82 Å². The van der Waals surface area contributed by atoms with Crippen LogP contribution in [0.2, 0.25) is 0 Å². The lowest BCUT2D eigenvalue weighted by Gasteiger charge is -2.20. The van der Waals surface area contributed by atoms with Crippen LogP contribution >= 0.6 is 0 Å². The van der Waals surface area contributed by atoms with Crippen molar-refractivity contribution in [3.63, 3.8) is 0 Å². The molecule has 8 heteroatoms. The maximum Gasteiger partial charge on any atom is 0.319 e. The van der Waals surface area contributed by atoms with Crippen molar-refractivity contribution < 1.29 is 18.5 Å². The molecule has 1 aromatic rings. The molecule has 0 fully saturated rings. The predicted molar refractivity (Wildman–Crippen MR) is 64.9 cm³/mol. The molecule has 0 heterocycles. The zero-order chi connectivity index (χ0) is 14.8. The fraction of sp³-hybridized carbons (Fsp3) is 0.364. The Morgan fingerprint density at radius 3 is 2.32 bits per heavy atom. The molecular formula is C11H13F2N3O3. The number of nitrogens with one attached hydrogen (secondary N) is 2. The van der Waals surface area contributed by atoms with Gasteiger partial charge >= 0.3 is 11.7 Å². The number of anilines is 1. The fourth-order valence-electron chi connectivity index (χ4n) is 1.27. The molecule has 2 N–H and O–H groups in total. The first kappa shape index (κ1) is 14.8. The van der Waals surface area contributed by atoms with Gasteiger partial charge in [-0.2, -0.15) is 4.39 Å². The smallest absolute Gasteiger partial charge is 0.319 e. The standard InChI is InChI=1S/C11H13F2N3O3/c1-11(2,3)15-10(17)14-8-5-9(16(18)19)7(13)4-6(8)12/h4-5H,1-3H3,(H2,14,15,17). The van der Waals surface area contributed by atoms with Crippen LogP contribution in [0.25, 0.3) is 0 Å². The number of nitrogens with zero attached hydrogens (tertiary/aromatic N) is 1. The maximum atomic E-state index is 13.4. The largest absolute Gasteiger partial charge is 0.333 e. The molecule has 104 valence electrons. The monoisotopic (exact) mass is 273 g/mol. The molecule has 0 unspecified atom stereocenters. The van der Waals surface area contributed by atoms with Crippen LogP contribution in [-0.2, 0) is 0 Å². The lowest BCUT2D eigenvalue weighted by Crippen LogP contribution is -2.43. The Hall–Kier alpha value is -2.25. The van der Waals surface area contributed by atoms with Gasteiger partial charge in [-0.25, -0.2) is 9.18 Å². The zero-order valence-corrected chi connectivity index (χ0v) is 10.6. The van der Waals surface area contributed by atoms with Crippen molar-refractivity contribution in [3.8, 4) is 0 Å². The van der Waals surface area contributed by atoms with E-state index in [1.807, 2.05) is 0 Å². The van der Waals surface area contributed by atoms with Gasteiger partial charge in [0.05, 0.1) is 10.6 Å². The van der Waals surface area contributed by atoms with Gasteiger partial charge in [-0.3, -0.25) is 10.1 Å². The number of halogens is 2. The van der Waals surface area contributed by atoms with Crippen LogP contribution in [0.3, 0.4) is 0 Å². The summed E-state index contributed by atoms with van der Waals surface area (Å²) in [7, 11) is 0. The number of carbonyl (C=O) groups is 1. The number of nitro groups is 1. The number of nitro benzene ring substituents is 1. The summed E-state index contributed by atoms with van der Waals surface area (Å²) >= 11 is 0. The number of hydrogen-bond acceptors (Lipinski definition) is 3. The predicted octanol–water partition coefficient (Wildman–Crippen LogP) is 2.79. The normalized spacial score (nSPS) is 11.0. The molecule has 1 aromatic carbocycles. The molecule has 0 bridgehead atoms. The Kier molecular flexibility index (Phi) is 4.03. The molecule has 19 heavy (non-hydrogen) atoms. The molecule has 0 aliphatic carbocycles. The summed E-state index contributed by atoms with van der Waals surface area (Å²) in [6.07, 6.45) is 0. The van der Waals surface area contributed by atoms with Crippen molar-refractivity contribution in [2.24, 2.45) is 0 Å². The summed E-state index contributed by atoms with van der Waals surface area (Å²) in [5.41, 5.74) is -1.94. The summed E-state index contributed by atoms with van der Waals surface area (Å²) in [5.74, 6) is -2.39. The number of amides is 2. The van der Waals surface area contributed by atoms with Gasteiger partial charge in [-0.15, -0.1) is 0 Å². The topological polar surface area (TPSA) is 84.3 Å². The Labute approximate surface area is 108 Å². The van der Waals surface area contributed by atoms with E-state index in [2.05, 4.69) is 10.6 Å². The lowest BCUT2D eigenvalue weighted by molar-refractivity contribution is -0.387. The second-order valence-corrected chi connectivity index (χ2v) is 4.87. The van der Waals surface area contributed by atoms with Gasteiger partial charge in [0.15, 0.2) is 0 Å². The zero-order valence-electron chi connectivity index (χ0n) is 10.6. The van der Waals surface area contributed by atoms with Crippen LogP contribution in [0.15, 0.2) is 12.1 Å². The first-order valence-corrected chi connectivity index (χ1v) is 5.33. The Balaban J connectivity index is 2.99. The highest BCUT2D eigenvalue weighted by molar-refractivity contribution is 5.90. The number of hydrogen-bond donors (Lipinski definition) is 2. The van der Waals surface area contributed by atoms with Crippen LogP contribution < -0.4 is 10.6 Å². The molecule has 0 saturated carbocycles. The quantitative estimate of drug-likeness (QED) is 0.641. The van der Waals surface area contributed by atoms with E-state index in [-0.39, 0.29) is 0 Å². The van der Waals surface area contributed by atoms with Gasteiger partial charge in [-0.05, 0) is 20.8 Å². The minimum atomic E-state index is -1.30. The van der Waals surface area contributed by atoms with Gasteiger partial charge in [0.1, 0.15) is 5.82 Å². The van der Waals surface area contributed by atoms with Crippen LogP contribution in [-0.4, -0.2) is 16.5 Å². The van der Waals surface area contributed by atoms with E-state index in [9.17, 15) is 23.7 Å². The van der Waals surface area contributed by atoms with Crippen molar-refractivity contribution in [2.45, 2.75) is 26.3 Å². The summed E-state index contributed by atoms with van der Waals surface area (Å²) in [4.78, 5) is 21.0. The first-order valence-electron chi connectivity index (χ1n) is 5.33. The van der Waals surface area contributed by atoms with Gasteiger partial charge in [-0.1, -0.05) is 0 Å². The highest BCUT2D eigenvalue weighted by Crippen LogP contribution is 2.25. The molecule has 0 radical (unpaired) electrons. The third kappa shape index (κ3) is 4.16. The van der Waals surface area contributed by atoms with Crippen molar-refractivity contribution in [1.82, 2.24) is 5.32 Å². The molecule has 6 nitrogen and oxygen atoms in total.